The number of carbonyl (C=O) groups is 1. The molecule has 7 rings (SSSR count). The van der Waals surface area contributed by atoms with Gasteiger partial charge in [-0.05, 0) is 67.5 Å². The van der Waals surface area contributed by atoms with Gasteiger partial charge < -0.3 is 9.80 Å². The summed E-state index contributed by atoms with van der Waals surface area (Å²) in [5.41, 5.74) is 3.12. The molecule has 3 aliphatic rings. The first-order valence-corrected chi connectivity index (χ1v) is 16.2. The van der Waals surface area contributed by atoms with Crippen molar-refractivity contribution in [1.82, 2.24) is 19.4 Å². The number of anilines is 1. The maximum atomic E-state index is 13.9. The van der Waals surface area contributed by atoms with Gasteiger partial charge in [0.2, 0.25) is 10.0 Å². The Kier molecular flexibility index (Phi) is 6.95. The molecule has 0 saturated carbocycles. The van der Waals surface area contributed by atoms with E-state index in [-0.39, 0.29) is 33.5 Å². The Morgan fingerprint density at radius 1 is 0.952 bits per heavy atom. The minimum atomic E-state index is -3.73. The maximum absolute atomic E-state index is 13.9. The van der Waals surface area contributed by atoms with Crippen molar-refractivity contribution in [2.24, 2.45) is 0 Å². The summed E-state index contributed by atoms with van der Waals surface area (Å²) in [7, 11) is -3.73. The van der Waals surface area contributed by atoms with Crippen LogP contribution < -0.4 is 4.90 Å². The quantitative estimate of drug-likeness (QED) is 0.327. The van der Waals surface area contributed by atoms with Gasteiger partial charge >= 0.3 is 0 Å². The molecule has 1 N–H and O–H groups in total. The molecule has 3 saturated heterocycles. The van der Waals surface area contributed by atoms with E-state index in [1.165, 1.54) is 17.7 Å². The predicted octanol–water partition coefficient (Wildman–Crippen LogP) is 5.42. The monoisotopic (exact) mass is 607 g/mol. The van der Waals surface area contributed by atoms with Crippen LogP contribution in [0.2, 0.25) is 5.02 Å². The Morgan fingerprint density at radius 2 is 1.67 bits per heavy atom. The second-order valence-electron chi connectivity index (χ2n) is 11.5. The van der Waals surface area contributed by atoms with Crippen LogP contribution in [0, 0.1) is 5.82 Å². The Balaban J connectivity index is 1.15. The summed E-state index contributed by atoms with van der Waals surface area (Å²) in [6, 6.07) is 17.6. The van der Waals surface area contributed by atoms with Crippen LogP contribution in [0.1, 0.15) is 47.5 Å². The van der Waals surface area contributed by atoms with E-state index in [1.54, 1.807) is 27.5 Å². The average molecular weight is 608 g/mol. The zero-order valence-corrected chi connectivity index (χ0v) is 24.5. The molecular weight excluding hydrogens is 577 g/mol. The molecule has 3 aliphatic heterocycles. The van der Waals surface area contributed by atoms with E-state index >= 15 is 0 Å². The first-order valence-electron chi connectivity index (χ1n) is 14.3. The highest BCUT2D eigenvalue weighted by Gasteiger charge is 2.43. The van der Waals surface area contributed by atoms with Gasteiger partial charge in [-0.25, -0.2) is 12.8 Å². The van der Waals surface area contributed by atoms with Gasteiger partial charge in [0, 0.05) is 43.6 Å². The van der Waals surface area contributed by atoms with Gasteiger partial charge in [0.25, 0.3) is 5.91 Å². The average Bonchev–Trinajstić information content (AvgIpc) is 3.58. The third kappa shape index (κ3) is 4.75. The second-order valence-corrected chi connectivity index (χ2v) is 13.8. The zero-order valence-electron chi connectivity index (χ0n) is 22.9. The van der Waals surface area contributed by atoms with Gasteiger partial charge in [0.15, 0.2) is 0 Å². The molecule has 0 radical (unpaired) electrons. The molecule has 2 bridgehead atoms. The Morgan fingerprint density at radius 3 is 2.36 bits per heavy atom. The number of likely N-dealkylation sites (tertiary alicyclic amines) is 1. The van der Waals surface area contributed by atoms with Crippen molar-refractivity contribution in [3.05, 3.63) is 88.8 Å². The van der Waals surface area contributed by atoms with Gasteiger partial charge in [-0.2, -0.15) is 9.40 Å². The number of sulfonamides is 1. The van der Waals surface area contributed by atoms with Crippen LogP contribution in [-0.2, 0) is 10.0 Å². The highest BCUT2D eigenvalue weighted by molar-refractivity contribution is 7.89. The number of nitrogens with one attached hydrogen (secondary N) is 1. The third-order valence-corrected chi connectivity index (χ3v) is 11.3. The lowest BCUT2D eigenvalue weighted by atomic mass is 9.90. The van der Waals surface area contributed by atoms with Crippen LogP contribution in [0.15, 0.2) is 71.8 Å². The number of hydrogen-bond donors (Lipinski definition) is 1. The maximum Gasteiger partial charge on any atom is 0.255 e. The highest BCUT2D eigenvalue weighted by atomic mass is 35.5. The topological polar surface area (TPSA) is 89.6 Å². The normalized spacial score (nSPS) is 21.8. The molecule has 1 amide bonds. The van der Waals surface area contributed by atoms with Crippen molar-refractivity contribution in [2.45, 2.75) is 48.6 Å². The van der Waals surface area contributed by atoms with E-state index in [9.17, 15) is 17.6 Å². The van der Waals surface area contributed by atoms with Gasteiger partial charge in [-0.15, -0.1) is 0 Å². The van der Waals surface area contributed by atoms with Crippen LogP contribution in [0.5, 0.6) is 0 Å². The zero-order chi connectivity index (χ0) is 29.0. The van der Waals surface area contributed by atoms with E-state index in [2.05, 4.69) is 27.2 Å². The minimum Gasteiger partial charge on any atom is -0.360 e. The van der Waals surface area contributed by atoms with Crippen molar-refractivity contribution >= 4 is 44.1 Å². The van der Waals surface area contributed by atoms with Crippen LogP contribution in [0.4, 0.5) is 10.1 Å². The number of benzene rings is 3. The van der Waals surface area contributed by atoms with Crippen LogP contribution in [-0.4, -0.2) is 72.0 Å². The van der Waals surface area contributed by atoms with Crippen molar-refractivity contribution in [3.63, 3.8) is 0 Å². The van der Waals surface area contributed by atoms with Crippen LogP contribution >= 0.6 is 11.6 Å². The van der Waals surface area contributed by atoms with Gasteiger partial charge in [-0.3, -0.25) is 9.89 Å². The number of fused-ring (bicyclic) bond motifs is 3. The molecule has 0 spiro atoms. The first kappa shape index (κ1) is 27.4. The molecule has 4 heterocycles. The molecule has 0 unspecified atom stereocenters. The number of rotatable bonds is 5. The number of aromatic amines is 1. The molecular formula is C31H31ClFN5O3S. The van der Waals surface area contributed by atoms with Crippen molar-refractivity contribution in [2.75, 3.05) is 31.1 Å². The molecule has 3 fully saturated rings. The number of H-pyrrole nitrogens is 1. The van der Waals surface area contributed by atoms with Crippen molar-refractivity contribution in [3.8, 4) is 0 Å². The lowest BCUT2D eigenvalue weighted by Gasteiger charge is -2.43. The molecule has 218 valence electrons. The molecule has 0 aliphatic carbocycles. The summed E-state index contributed by atoms with van der Waals surface area (Å²) < 4.78 is 43.1. The summed E-state index contributed by atoms with van der Waals surface area (Å²) >= 11 is 6.20. The van der Waals surface area contributed by atoms with Crippen LogP contribution in [0.3, 0.4) is 0 Å². The highest BCUT2D eigenvalue weighted by Crippen LogP contribution is 2.41. The molecule has 2 atom stereocenters. The third-order valence-electron chi connectivity index (χ3n) is 9.07. The largest absolute Gasteiger partial charge is 0.360 e. The van der Waals surface area contributed by atoms with E-state index in [4.69, 9.17) is 11.6 Å². The predicted molar refractivity (Wildman–Crippen MR) is 160 cm³/mol. The lowest BCUT2D eigenvalue weighted by molar-refractivity contribution is 0.0718. The van der Waals surface area contributed by atoms with E-state index < -0.39 is 15.8 Å². The van der Waals surface area contributed by atoms with Gasteiger partial charge in [-0.1, -0.05) is 41.9 Å². The Labute approximate surface area is 249 Å². The number of halogens is 2. The van der Waals surface area contributed by atoms with E-state index in [1.807, 2.05) is 18.2 Å². The van der Waals surface area contributed by atoms with Gasteiger partial charge in [0.05, 0.1) is 32.9 Å². The number of carbonyl (C=O) groups excluding carboxylic acids is 1. The minimum absolute atomic E-state index is 0.00186. The fraction of sp³-hybridized carbons (Fsp3) is 0.355. The molecule has 8 nitrogen and oxygen atoms in total. The number of piperazine rings is 1. The Bertz CT molecular complexity index is 1740. The van der Waals surface area contributed by atoms with E-state index in [0.717, 1.165) is 48.3 Å². The lowest BCUT2D eigenvalue weighted by Crippen LogP contribution is -2.55. The molecule has 11 heteroatoms. The summed E-state index contributed by atoms with van der Waals surface area (Å²) in [5.74, 6) is -0.358. The number of piperidine rings is 1. The summed E-state index contributed by atoms with van der Waals surface area (Å²) in [6.45, 7) is 1.86. The smallest absolute Gasteiger partial charge is 0.255 e. The summed E-state index contributed by atoms with van der Waals surface area (Å²) in [4.78, 5) is 17.6. The first-order chi connectivity index (χ1) is 20.3. The number of nitrogens with zero attached hydrogens (tertiary/aromatic N) is 4. The number of amides is 1. The molecule has 4 aromatic rings. The number of aromatic nitrogens is 2. The molecule has 42 heavy (non-hydrogen) atoms. The van der Waals surface area contributed by atoms with E-state index in [0.29, 0.717) is 32.1 Å². The summed E-state index contributed by atoms with van der Waals surface area (Å²) in [5, 5.41) is 8.15. The number of hydrogen-bond acceptors (Lipinski definition) is 5. The fourth-order valence-electron chi connectivity index (χ4n) is 6.96. The fourth-order valence-corrected chi connectivity index (χ4v) is 8.74. The second kappa shape index (κ2) is 10.7. The Hall–Kier alpha value is -3.47. The molecule has 3 aromatic carbocycles. The SMILES string of the molecule is O=C(c1ccc(F)cc1Cl)N1C[C@H]2CC[C@@H](C1)N2c1cc(S(=O)(=O)N2CCC(c3ccccc3)CC2)cc2cn[nH]c12. The van der Waals surface area contributed by atoms with Crippen molar-refractivity contribution < 1.29 is 17.6 Å². The van der Waals surface area contributed by atoms with Gasteiger partial charge in [0.1, 0.15) is 5.82 Å². The van der Waals surface area contributed by atoms with Crippen LogP contribution in [0.25, 0.3) is 10.9 Å². The van der Waals surface area contributed by atoms with Crippen molar-refractivity contribution in [1.29, 1.82) is 0 Å². The summed E-state index contributed by atoms with van der Waals surface area (Å²) in [6.07, 6.45) is 4.96. The molecule has 1 aromatic heterocycles. The standard InChI is InChI=1S/C31H31ClFN5O3S/c32-28-15-23(33)6-9-27(28)31(39)36-18-24-7-8-25(19-36)38(24)29-16-26(14-22-17-34-35-30(22)29)42(40,41)37-12-10-21(11-13-37)20-4-2-1-3-5-20/h1-6,9,14-17,21,24-25H,7-8,10-13,18-19H2,(H,34,35)/t24-,25+.